The third-order valence-electron chi connectivity index (χ3n) is 5.04. The Morgan fingerprint density at radius 1 is 1.30 bits per heavy atom. The molecule has 1 rings (SSSR count). The van der Waals surface area contributed by atoms with E-state index < -0.39 is 0 Å². The molecule has 0 amide bonds. The lowest BCUT2D eigenvalue weighted by molar-refractivity contribution is 0.170. The summed E-state index contributed by atoms with van der Waals surface area (Å²) in [4.78, 5) is 2.43. The van der Waals surface area contributed by atoms with E-state index in [1.807, 2.05) is 0 Å². The Morgan fingerprint density at radius 3 is 2.50 bits per heavy atom. The second-order valence-electron chi connectivity index (χ2n) is 6.81. The molecular weight excluding hydrogens is 242 g/mol. The molecule has 1 heteroatoms. The highest BCUT2D eigenvalue weighted by Gasteiger charge is 2.36. The molecule has 114 valence electrons. The molecule has 1 aliphatic carbocycles. The van der Waals surface area contributed by atoms with Crippen LogP contribution >= 0.6 is 0 Å². The largest absolute Gasteiger partial charge is 0.306 e. The molecule has 1 aliphatic rings. The highest BCUT2D eigenvalue weighted by Crippen LogP contribution is 2.41. The van der Waals surface area contributed by atoms with E-state index in [9.17, 15) is 0 Å². The van der Waals surface area contributed by atoms with Crippen LogP contribution < -0.4 is 0 Å². The van der Waals surface area contributed by atoms with Gasteiger partial charge in [0.15, 0.2) is 0 Å². The SMILES string of the molecule is C#CC(CC)CCC(C1CC(C)CC1/C=C\C)N(C)C. The van der Waals surface area contributed by atoms with E-state index in [-0.39, 0.29) is 0 Å². The molecular formula is C19H33N. The van der Waals surface area contributed by atoms with Gasteiger partial charge in [0.2, 0.25) is 0 Å². The summed E-state index contributed by atoms with van der Waals surface area (Å²) in [7, 11) is 4.47. The van der Waals surface area contributed by atoms with Gasteiger partial charge in [-0.1, -0.05) is 26.0 Å². The van der Waals surface area contributed by atoms with Crippen molar-refractivity contribution in [2.45, 2.75) is 58.9 Å². The van der Waals surface area contributed by atoms with Crippen molar-refractivity contribution in [2.75, 3.05) is 14.1 Å². The van der Waals surface area contributed by atoms with Crippen LogP contribution in [0.2, 0.25) is 0 Å². The van der Waals surface area contributed by atoms with Gasteiger partial charge in [0.1, 0.15) is 0 Å². The lowest BCUT2D eigenvalue weighted by Crippen LogP contribution is -2.37. The van der Waals surface area contributed by atoms with Gasteiger partial charge in [0, 0.05) is 12.0 Å². The summed E-state index contributed by atoms with van der Waals surface area (Å²) in [6, 6.07) is 0.670. The Hall–Kier alpha value is -0.740. The lowest BCUT2D eigenvalue weighted by atomic mass is 9.83. The molecule has 1 nitrogen and oxygen atoms in total. The fourth-order valence-corrected chi connectivity index (χ4v) is 3.92. The van der Waals surface area contributed by atoms with Gasteiger partial charge in [0.25, 0.3) is 0 Å². The fraction of sp³-hybridized carbons (Fsp3) is 0.789. The van der Waals surface area contributed by atoms with Crippen molar-refractivity contribution >= 4 is 0 Å². The zero-order valence-corrected chi connectivity index (χ0v) is 14.1. The smallest absolute Gasteiger partial charge is 0.0198 e. The second kappa shape index (κ2) is 8.53. The quantitative estimate of drug-likeness (QED) is 0.485. The minimum atomic E-state index is 0.455. The molecule has 20 heavy (non-hydrogen) atoms. The first-order valence-electron chi connectivity index (χ1n) is 8.28. The summed E-state index contributed by atoms with van der Waals surface area (Å²) in [5, 5.41) is 0. The highest BCUT2D eigenvalue weighted by molar-refractivity contribution is 5.00. The summed E-state index contributed by atoms with van der Waals surface area (Å²) in [5.74, 6) is 5.82. The number of rotatable bonds is 7. The van der Waals surface area contributed by atoms with Crippen molar-refractivity contribution in [1.82, 2.24) is 4.90 Å². The standard InChI is InChI=1S/C19H33N/c1-7-10-17-13-15(4)14-18(17)19(20(5)6)12-11-16(8-2)9-3/h2,7,10,15-19H,9,11-14H2,1,3-6H3/b10-7-. The normalized spacial score (nSPS) is 29.8. The number of nitrogens with zero attached hydrogens (tertiary/aromatic N) is 1. The molecule has 0 saturated heterocycles. The third kappa shape index (κ3) is 4.67. The van der Waals surface area contributed by atoms with Crippen molar-refractivity contribution in [3.05, 3.63) is 12.2 Å². The third-order valence-corrected chi connectivity index (χ3v) is 5.04. The van der Waals surface area contributed by atoms with Crippen molar-refractivity contribution in [3.8, 4) is 12.3 Å². The van der Waals surface area contributed by atoms with E-state index in [4.69, 9.17) is 6.42 Å². The topological polar surface area (TPSA) is 3.24 Å². The molecule has 1 saturated carbocycles. The van der Waals surface area contributed by atoms with E-state index in [1.165, 1.54) is 25.7 Å². The van der Waals surface area contributed by atoms with Gasteiger partial charge >= 0.3 is 0 Å². The molecule has 0 aliphatic heterocycles. The van der Waals surface area contributed by atoms with Gasteiger partial charge in [-0.05, 0) is 70.9 Å². The van der Waals surface area contributed by atoms with Gasteiger partial charge in [0.05, 0.1) is 0 Å². The first-order chi connectivity index (χ1) is 9.53. The van der Waals surface area contributed by atoms with E-state index in [0.717, 1.165) is 24.2 Å². The van der Waals surface area contributed by atoms with Crippen LogP contribution in [0.5, 0.6) is 0 Å². The molecule has 5 unspecified atom stereocenters. The van der Waals surface area contributed by atoms with Gasteiger partial charge in [-0.3, -0.25) is 0 Å². The van der Waals surface area contributed by atoms with Crippen LogP contribution in [0.25, 0.3) is 0 Å². The molecule has 0 spiro atoms. The van der Waals surface area contributed by atoms with E-state index >= 15 is 0 Å². The van der Waals surface area contributed by atoms with Crippen molar-refractivity contribution in [3.63, 3.8) is 0 Å². The summed E-state index contributed by atoms with van der Waals surface area (Å²) >= 11 is 0. The fourth-order valence-electron chi connectivity index (χ4n) is 3.92. The minimum absolute atomic E-state index is 0.455. The Morgan fingerprint density at radius 2 is 2.00 bits per heavy atom. The molecule has 0 aromatic carbocycles. The number of allylic oxidation sites excluding steroid dienone is 2. The molecule has 1 fully saturated rings. The number of terminal acetylenes is 1. The van der Waals surface area contributed by atoms with Gasteiger partial charge in [-0.2, -0.15) is 0 Å². The Kier molecular flexibility index (Phi) is 7.38. The Balaban J connectivity index is 2.72. The summed E-state index contributed by atoms with van der Waals surface area (Å²) < 4.78 is 0. The van der Waals surface area contributed by atoms with Crippen LogP contribution in [-0.2, 0) is 0 Å². The van der Waals surface area contributed by atoms with Crippen LogP contribution in [0, 0.1) is 36.0 Å². The van der Waals surface area contributed by atoms with Crippen molar-refractivity contribution in [2.24, 2.45) is 23.7 Å². The van der Waals surface area contributed by atoms with Gasteiger partial charge in [-0.15, -0.1) is 12.3 Å². The van der Waals surface area contributed by atoms with Crippen LogP contribution in [0.1, 0.15) is 52.9 Å². The van der Waals surface area contributed by atoms with Crippen LogP contribution in [-0.4, -0.2) is 25.0 Å². The second-order valence-corrected chi connectivity index (χ2v) is 6.81. The van der Waals surface area contributed by atoms with Crippen molar-refractivity contribution in [1.29, 1.82) is 0 Å². The predicted octanol–water partition coefficient (Wildman–Crippen LogP) is 4.59. The highest BCUT2D eigenvalue weighted by atomic mass is 15.1. The van der Waals surface area contributed by atoms with Crippen LogP contribution in [0.4, 0.5) is 0 Å². The monoisotopic (exact) mass is 275 g/mol. The maximum Gasteiger partial charge on any atom is 0.0198 e. The molecule has 5 atom stereocenters. The minimum Gasteiger partial charge on any atom is -0.306 e. The first kappa shape index (κ1) is 17.3. The van der Waals surface area contributed by atoms with E-state index in [2.05, 4.69) is 57.8 Å². The molecule has 0 aromatic heterocycles. The zero-order chi connectivity index (χ0) is 15.1. The molecule has 0 N–H and O–H groups in total. The number of hydrogen-bond donors (Lipinski definition) is 0. The first-order valence-corrected chi connectivity index (χ1v) is 8.28. The van der Waals surface area contributed by atoms with Crippen LogP contribution in [0.3, 0.4) is 0 Å². The maximum atomic E-state index is 5.62. The maximum absolute atomic E-state index is 5.62. The molecule has 0 aromatic rings. The Labute approximate surface area is 126 Å². The van der Waals surface area contributed by atoms with Crippen LogP contribution in [0.15, 0.2) is 12.2 Å². The summed E-state index contributed by atoms with van der Waals surface area (Å²) in [6.07, 6.45) is 16.5. The molecule has 0 radical (unpaired) electrons. The molecule has 0 bridgehead atoms. The van der Waals surface area contributed by atoms with E-state index in [1.54, 1.807) is 0 Å². The average Bonchev–Trinajstić information content (AvgIpc) is 2.75. The Bertz CT molecular complexity index is 336. The summed E-state index contributed by atoms with van der Waals surface area (Å²) in [5.41, 5.74) is 0. The molecule has 0 heterocycles. The average molecular weight is 275 g/mol. The van der Waals surface area contributed by atoms with Crippen molar-refractivity contribution < 1.29 is 0 Å². The van der Waals surface area contributed by atoms with Gasteiger partial charge < -0.3 is 4.90 Å². The summed E-state index contributed by atoms with van der Waals surface area (Å²) in [6.45, 7) is 6.76. The number of hydrogen-bond acceptors (Lipinski definition) is 1. The zero-order valence-electron chi connectivity index (χ0n) is 14.1. The lowest BCUT2D eigenvalue weighted by Gasteiger charge is -2.33. The van der Waals surface area contributed by atoms with E-state index in [0.29, 0.717) is 12.0 Å². The predicted molar refractivity (Wildman–Crippen MR) is 89.5 cm³/mol. The van der Waals surface area contributed by atoms with Gasteiger partial charge in [-0.25, -0.2) is 0 Å².